The minimum atomic E-state index is -3.57. The molecule has 0 saturated heterocycles. The predicted molar refractivity (Wildman–Crippen MR) is 85.0 cm³/mol. The Morgan fingerprint density at radius 2 is 1.75 bits per heavy atom. The Morgan fingerprint density at radius 3 is 2.45 bits per heavy atom. The first-order valence-corrected chi connectivity index (χ1v) is 7.93. The van der Waals surface area contributed by atoms with Gasteiger partial charge in [-0.25, -0.2) is 0 Å². The molecule has 1 atom stereocenters. The standard InChI is InChI=1S/C15H18O3S.Na.H/c1-3-7-12(2)19(16,17)18-15-11-6-9-13-8-4-5-10-14(13)15;;/h4-6,8-12H,3,7H2,1-2H3;;. The zero-order valence-corrected chi connectivity index (χ0v) is 12.0. The zero-order valence-electron chi connectivity index (χ0n) is 11.2. The van der Waals surface area contributed by atoms with Crippen molar-refractivity contribution in [3.05, 3.63) is 42.5 Å². The molecule has 3 nitrogen and oxygen atoms in total. The Kier molecular flexibility index (Phi) is 6.52. The average Bonchev–Trinajstić information content (AvgIpc) is 2.39. The second-order valence-electron chi connectivity index (χ2n) is 4.65. The van der Waals surface area contributed by atoms with E-state index in [9.17, 15) is 8.42 Å². The molecule has 104 valence electrons. The van der Waals surface area contributed by atoms with Crippen LogP contribution in [0.15, 0.2) is 42.5 Å². The summed E-state index contributed by atoms with van der Waals surface area (Å²) < 4.78 is 29.5. The van der Waals surface area contributed by atoms with Crippen LogP contribution in [-0.2, 0) is 10.1 Å². The van der Waals surface area contributed by atoms with Crippen molar-refractivity contribution in [1.82, 2.24) is 0 Å². The SMILES string of the molecule is CCCC(C)S(=O)(=O)Oc1cccc2ccccc12.[NaH]. The van der Waals surface area contributed by atoms with Gasteiger partial charge in [0.05, 0.1) is 5.25 Å². The molecule has 2 rings (SSSR count). The van der Waals surface area contributed by atoms with Crippen LogP contribution in [0.1, 0.15) is 26.7 Å². The maximum absolute atomic E-state index is 12.1. The van der Waals surface area contributed by atoms with E-state index in [2.05, 4.69) is 0 Å². The van der Waals surface area contributed by atoms with E-state index in [0.717, 1.165) is 17.2 Å². The molecule has 0 N–H and O–H groups in total. The molecule has 20 heavy (non-hydrogen) atoms. The van der Waals surface area contributed by atoms with Crippen LogP contribution in [0.4, 0.5) is 0 Å². The van der Waals surface area contributed by atoms with Crippen LogP contribution in [0.25, 0.3) is 10.8 Å². The van der Waals surface area contributed by atoms with E-state index in [1.807, 2.05) is 37.3 Å². The van der Waals surface area contributed by atoms with Crippen LogP contribution < -0.4 is 4.18 Å². The molecule has 0 bridgehead atoms. The van der Waals surface area contributed by atoms with Crippen molar-refractivity contribution in [1.29, 1.82) is 0 Å². The number of hydrogen-bond acceptors (Lipinski definition) is 3. The van der Waals surface area contributed by atoms with Gasteiger partial charge in [-0.3, -0.25) is 0 Å². The monoisotopic (exact) mass is 302 g/mol. The Hall–Kier alpha value is -0.550. The molecular formula is C15H19NaO3S. The van der Waals surface area contributed by atoms with Crippen LogP contribution in [0, 0.1) is 0 Å². The number of hydrogen-bond donors (Lipinski definition) is 0. The van der Waals surface area contributed by atoms with Gasteiger partial charge in [-0.15, -0.1) is 0 Å². The molecule has 0 fully saturated rings. The third-order valence-electron chi connectivity index (χ3n) is 3.14. The van der Waals surface area contributed by atoms with Gasteiger partial charge in [0.15, 0.2) is 0 Å². The molecular weight excluding hydrogens is 283 g/mol. The van der Waals surface area contributed by atoms with Gasteiger partial charge in [0.2, 0.25) is 0 Å². The van der Waals surface area contributed by atoms with Crippen LogP contribution in [0.3, 0.4) is 0 Å². The fraction of sp³-hybridized carbons (Fsp3) is 0.333. The molecule has 2 aromatic carbocycles. The summed E-state index contributed by atoms with van der Waals surface area (Å²) in [5, 5.41) is 1.30. The van der Waals surface area contributed by atoms with Gasteiger partial charge >= 0.3 is 39.7 Å². The van der Waals surface area contributed by atoms with Crippen molar-refractivity contribution >= 4 is 50.4 Å². The summed E-state index contributed by atoms with van der Waals surface area (Å²) in [7, 11) is -3.57. The van der Waals surface area contributed by atoms with E-state index in [0.29, 0.717) is 12.2 Å². The zero-order chi connectivity index (χ0) is 13.9. The molecule has 1 unspecified atom stereocenters. The van der Waals surface area contributed by atoms with E-state index in [4.69, 9.17) is 4.18 Å². The van der Waals surface area contributed by atoms with Gasteiger partial charge < -0.3 is 4.18 Å². The number of benzene rings is 2. The summed E-state index contributed by atoms with van der Waals surface area (Å²) in [5.41, 5.74) is 0. The fourth-order valence-electron chi connectivity index (χ4n) is 2.03. The fourth-order valence-corrected chi connectivity index (χ4v) is 3.11. The van der Waals surface area contributed by atoms with Crippen molar-refractivity contribution in [2.75, 3.05) is 0 Å². The van der Waals surface area contributed by atoms with Crippen molar-refractivity contribution < 1.29 is 12.6 Å². The van der Waals surface area contributed by atoms with Gasteiger partial charge in [-0.1, -0.05) is 49.7 Å². The summed E-state index contributed by atoms with van der Waals surface area (Å²) in [6.45, 7) is 3.65. The predicted octanol–water partition coefficient (Wildman–Crippen LogP) is 3.09. The van der Waals surface area contributed by atoms with Crippen molar-refractivity contribution in [3.63, 3.8) is 0 Å². The maximum atomic E-state index is 12.1. The summed E-state index contributed by atoms with van der Waals surface area (Å²) in [6.07, 6.45) is 1.42. The van der Waals surface area contributed by atoms with Crippen LogP contribution >= 0.6 is 0 Å². The van der Waals surface area contributed by atoms with Gasteiger partial charge in [0.25, 0.3) is 0 Å². The van der Waals surface area contributed by atoms with E-state index >= 15 is 0 Å². The van der Waals surface area contributed by atoms with Crippen molar-refractivity contribution in [2.24, 2.45) is 0 Å². The quantitative estimate of drug-likeness (QED) is 0.629. The molecule has 0 heterocycles. The summed E-state index contributed by atoms with van der Waals surface area (Å²) in [4.78, 5) is 0. The normalized spacial score (nSPS) is 12.7. The Balaban J connectivity index is 0.00000200. The number of rotatable bonds is 5. The van der Waals surface area contributed by atoms with E-state index < -0.39 is 15.4 Å². The summed E-state index contributed by atoms with van der Waals surface area (Å²) >= 11 is 0. The number of fused-ring (bicyclic) bond motifs is 1. The molecule has 0 radical (unpaired) electrons. The average molecular weight is 302 g/mol. The molecule has 0 saturated carbocycles. The Morgan fingerprint density at radius 1 is 1.10 bits per heavy atom. The molecule has 2 aromatic rings. The van der Waals surface area contributed by atoms with Crippen molar-refractivity contribution in [2.45, 2.75) is 31.9 Å². The Labute approximate surface area is 142 Å². The first kappa shape index (κ1) is 17.5. The van der Waals surface area contributed by atoms with Crippen molar-refractivity contribution in [3.8, 4) is 5.75 Å². The first-order valence-electron chi connectivity index (χ1n) is 6.45. The van der Waals surface area contributed by atoms with Gasteiger partial charge in [0.1, 0.15) is 5.75 Å². The third-order valence-corrected chi connectivity index (χ3v) is 4.78. The summed E-state index contributed by atoms with van der Waals surface area (Å²) in [5.74, 6) is 0.404. The van der Waals surface area contributed by atoms with Gasteiger partial charge in [-0.2, -0.15) is 8.42 Å². The van der Waals surface area contributed by atoms with E-state index in [1.54, 1.807) is 19.1 Å². The molecule has 0 aliphatic carbocycles. The topological polar surface area (TPSA) is 43.4 Å². The second kappa shape index (κ2) is 7.46. The van der Waals surface area contributed by atoms with E-state index in [1.165, 1.54) is 0 Å². The summed E-state index contributed by atoms with van der Waals surface area (Å²) in [6, 6.07) is 13.0. The van der Waals surface area contributed by atoms with Crippen LogP contribution in [-0.4, -0.2) is 43.2 Å². The van der Waals surface area contributed by atoms with Gasteiger partial charge in [-0.05, 0) is 24.8 Å². The molecule has 0 spiro atoms. The minimum absolute atomic E-state index is 0. The molecule has 0 amide bonds. The Bertz CT molecular complexity index is 662. The first-order chi connectivity index (χ1) is 9.04. The van der Waals surface area contributed by atoms with Crippen LogP contribution in [0.2, 0.25) is 0 Å². The molecule has 0 aromatic heterocycles. The van der Waals surface area contributed by atoms with Gasteiger partial charge in [0, 0.05) is 5.39 Å². The van der Waals surface area contributed by atoms with E-state index in [-0.39, 0.29) is 29.6 Å². The second-order valence-corrected chi connectivity index (χ2v) is 6.61. The molecule has 5 heteroatoms. The molecule has 0 aliphatic heterocycles. The van der Waals surface area contributed by atoms with Crippen LogP contribution in [0.5, 0.6) is 5.75 Å². The molecule has 0 aliphatic rings. The third kappa shape index (κ3) is 3.98.